The molecule has 0 unspecified atom stereocenters. The fraction of sp³-hybridized carbons (Fsp3) is 0. The van der Waals surface area contributed by atoms with Crippen molar-refractivity contribution < 1.29 is 4.79 Å². The Hall–Kier alpha value is -2.32. The number of imidazole rings is 1. The number of carbonyl (C=O) groups is 1. The second-order valence-corrected chi connectivity index (χ2v) is 3.67. The van der Waals surface area contributed by atoms with Crippen LogP contribution in [0.5, 0.6) is 0 Å². The van der Waals surface area contributed by atoms with Crippen molar-refractivity contribution in [2.75, 3.05) is 0 Å². The maximum Gasteiger partial charge on any atom is 0.268 e. The molecule has 0 radical (unpaired) electrons. The zero-order valence-corrected chi connectivity index (χ0v) is 9.32. The average molecular weight is 247 g/mol. The molecule has 0 aliphatic carbocycles. The SMILES string of the molecule is N#Cc1nc(-c2ccccc2Cl)[nH]c1C(N)=O. The van der Waals surface area contributed by atoms with E-state index in [1.807, 2.05) is 0 Å². The highest BCUT2D eigenvalue weighted by atomic mass is 35.5. The van der Waals surface area contributed by atoms with E-state index < -0.39 is 5.91 Å². The lowest BCUT2D eigenvalue weighted by atomic mass is 10.2. The molecule has 0 saturated heterocycles. The Morgan fingerprint density at radius 2 is 2.18 bits per heavy atom. The first-order valence-electron chi connectivity index (χ1n) is 4.68. The highest BCUT2D eigenvalue weighted by molar-refractivity contribution is 6.33. The number of nitriles is 1. The molecular weight excluding hydrogens is 240 g/mol. The Labute approximate surface area is 102 Å². The summed E-state index contributed by atoms with van der Waals surface area (Å²) in [5, 5.41) is 9.30. The second-order valence-electron chi connectivity index (χ2n) is 3.26. The first-order valence-corrected chi connectivity index (χ1v) is 5.06. The van der Waals surface area contributed by atoms with Crippen molar-refractivity contribution in [3.05, 3.63) is 40.7 Å². The van der Waals surface area contributed by atoms with Gasteiger partial charge in [-0.3, -0.25) is 4.79 Å². The summed E-state index contributed by atoms with van der Waals surface area (Å²) in [7, 11) is 0. The maximum absolute atomic E-state index is 11.1. The van der Waals surface area contributed by atoms with Crippen LogP contribution in [-0.2, 0) is 0 Å². The van der Waals surface area contributed by atoms with Crippen LogP contribution in [0.1, 0.15) is 16.2 Å². The Kier molecular flexibility index (Phi) is 2.81. The molecule has 1 aromatic carbocycles. The minimum absolute atomic E-state index is 0.0116. The van der Waals surface area contributed by atoms with E-state index in [0.717, 1.165) is 0 Å². The normalized spacial score (nSPS) is 9.88. The fourth-order valence-electron chi connectivity index (χ4n) is 1.41. The number of hydrogen-bond donors (Lipinski definition) is 2. The van der Waals surface area contributed by atoms with Gasteiger partial charge in [0.1, 0.15) is 17.6 Å². The van der Waals surface area contributed by atoms with Crippen LogP contribution in [0, 0.1) is 11.3 Å². The van der Waals surface area contributed by atoms with Crippen molar-refractivity contribution in [1.82, 2.24) is 9.97 Å². The van der Waals surface area contributed by atoms with E-state index in [9.17, 15) is 4.79 Å². The van der Waals surface area contributed by atoms with Crippen LogP contribution in [0.2, 0.25) is 5.02 Å². The van der Waals surface area contributed by atoms with Gasteiger partial charge < -0.3 is 10.7 Å². The molecular formula is C11H7ClN4O. The van der Waals surface area contributed by atoms with Gasteiger partial charge in [-0.25, -0.2) is 4.98 Å². The van der Waals surface area contributed by atoms with Crippen molar-refractivity contribution in [3.63, 3.8) is 0 Å². The molecule has 1 aromatic heterocycles. The van der Waals surface area contributed by atoms with E-state index in [1.54, 1.807) is 30.3 Å². The maximum atomic E-state index is 11.1. The van der Waals surface area contributed by atoms with Gasteiger partial charge in [-0.05, 0) is 12.1 Å². The van der Waals surface area contributed by atoms with Crippen molar-refractivity contribution in [1.29, 1.82) is 5.26 Å². The lowest BCUT2D eigenvalue weighted by molar-refractivity contribution is 0.0996. The molecule has 0 aliphatic heterocycles. The molecule has 2 aromatic rings. The van der Waals surface area contributed by atoms with Gasteiger partial charge in [0.05, 0.1) is 5.02 Å². The number of amides is 1. The van der Waals surface area contributed by atoms with Crippen LogP contribution < -0.4 is 5.73 Å². The van der Waals surface area contributed by atoms with Crippen LogP contribution in [0.4, 0.5) is 0 Å². The van der Waals surface area contributed by atoms with E-state index in [0.29, 0.717) is 16.4 Å². The predicted octanol–water partition coefficient (Wildman–Crippen LogP) is 1.70. The number of primary amides is 1. The monoisotopic (exact) mass is 246 g/mol. The molecule has 3 N–H and O–H groups in total. The lowest BCUT2D eigenvalue weighted by Gasteiger charge is -1.98. The largest absolute Gasteiger partial charge is 0.364 e. The van der Waals surface area contributed by atoms with Crippen LogP contribution in [0.25, 0.3) is 11.4 Å². The number of hydrogen-bond acceptors (Lipinski definition) is 3. The summed E-state index contributed by atoms with van der Waals surface area (Å²) in [6.07, 6.45) is 0. The Morgan fingerprint density at radius 1 is 1.47 bits per heavy atom. The number of rotatable bonds is 2. The molecule has 0 atom stereocenters. The summed E-state index contributed by atoms with van der Waals surface area (Å²) >= 11 is 5.98. The number of benzene rings is 1. The Bertz CT molecular complexity index is 627. The van der Waals surface area contributed by atoms with Crippen LogP contribution in [0.15, 0.2) is 24.3 Å². The zero-order valence-electron chi connectivity index (χ0n) is 8.57. The Balaban J connectivity index is 2.59. The van der Waals surface area contributed by atoms with Crippen LogP contribution in [0.3, 0.4) is 0 Å². The predicted molar refractivity (Wildman–Crippen MR) is 62.3 cm³/mol. The summed E-state index contributed by atoms with van der Waals surface area (Å²) in [6, 6.07) is 8.77. The number of halogens is 1. The van der Waals surface area contributed by atoms with Gasteiger partial charge in [-0.15, -0.1) is 0 Å². The van der Waals surface area contributed by atoms with E-state index in [-0.39, 0.29) is 11.4 Å². The van der Waals surface area contributed by atoms with Crippen LogP contribution in [-0.4, -0.2) is 15.9 Å². The highest BCUT2D eigenvalue weighted by Gasteiger charge is 2.16. The van der Waals surface area contributed by atoms with Crippen LogP contribution >= 0.6 is 11.6 Å². The summed E-state index contributed by atoms with van der Waals surface area (Å²) in [6.45, 7) is 0. The number of carbonyl (C=O) groups excluding carboxylic acids is 1. The number of nitrogens with one attached hydrogen (secondary N) is 1. The van der Waals surface area contributed by atoms with Gasteiger partial charge in [0.2, 0.25) is 0 Å². The van der Waals surface area contributed by atoms with Gasteiger partial charge in [0.25, 0.3) is 5.91 Å². The quantitative estimate of drug-likeness (QED) is 0.844. The van der Waals surface area contributed by atoms with Gasteiger partial charge in [0, 0.05) is 5.56 Å². The molecule has 0 bridgehead atoms. The third-order valence-corrected chi connectivity index (χ3v) is 2.51. The molecule has 6 heteroatoms. The zero-order chi connectivity index (χ0) is 12.4. The Morgan fingerprint density at radius 3 is 2.71 bits per heavy atom. The summed E-state index contributed by atoms with van der Waals surface area (Å²) in [5.41, 5.74) is 5.69. The molecule has 1 amide bonds. The fourth-order valence-corrected chi connectivity index (χ4v) is 1.64. The first-order chi connectivity index (χ1) is 8.13. The van der Waals surface area contributed by atoms with Crippen molar-refractivity contribution in [2.45, 2.75) is 0 Å². The molecule has 1 heterocycles. The molecule has 2 rings (SSSR count). The van der Waals surface area contributed by atoms with Crippen molar-refractivity contribution >= 4 is 17.5 Å². The molecule has 0 aliphatic rings. The third kappa shape index (κ3) is 1.98. The van der Waals surface area contributed by atoms with E-state index in [1.165, 1.54) is 0 Å². The minimum atomic E-state index is -0.729. The first kappa shape index (κ1) is 11.2. The number of nitrogens with zero attached hydrogens (tertiary/aromatic N) is 2. The van der Waals surface area contributed by atoms with Crippen molar-refractivity contribution in [3.8, 4) is 17.5 Å². The van der Waals surface area contributed by atoms with Gasteiger partial charge in [-0.2, -0.15) is 5.26 Å². The molecule has 17 heavy (non-hydrogen) atoms. The van der Waals surface area contributed by atoms with Gasteiger partial charge in [-0.1, -0.05) is 23.7 Å². The number of H-pyrrole nitrogens is 1. The topological polar surface area (TPSA) is 95.6 Å². The van der Waals surface area contributed by atoms with Crippen molar-refractivity contribution in [2.24, 2.45) is 5.73 Å². The minimum Gasteiger partial charge on any atom is -0.364 e. The molecule has 5 nitrogen and oxygen atoms in total. The smallest absolute Gasteiger partial charge is 0.268 e. The number of aromatic amines is 1. The molecule has 84 valence electrons. The third-order valence-electron chi connectivity index (χ3n) is 2.19. The standard InChI is InChI=1S/C11H7ClN4O/c12-7-4-2-1-3-6(7)11-15-8(5-13)9(16-11)10(14)17/h1-4H,(H2,14,17)(H,15,16). The lowest BCUT2D eigenvalue weighted by Crippen LogP contribution is -2.13. The molecule has 0 spiro atoms. The molecule has 0 saturated carbocycles. The van der Waals surface area contributed by atoms with E-state index in [4.69, 9.17) is 22.6 Å². The van der Waals surface area contributed by atoms with Gasteiger partial charge >= 0.3 is 0 Å². The van der Waals surface area contributed by atoms with E-state index >= 15 is 0 Å². The van der Waals surface area contributed by atoms with E-state index in [2.05, 4.69) is 9.97 Å². The number of aromatic nitrogens is 2. The second kappa shape index (κ2) is 4.28. The average Bonchev–Trinajstić information content (AvgIpc) is 2.73. The molecule has 0 fully saturated rings. The summed E-state index contributed by atoms with van der Waals surface area (Å²) in [5.74, 6) is -0.381. The highest BCUT2D eigenvalue weighted by Crippen LogP contribution is 2.25. The summed E-state index contributed by atoms with van der Waals surface area (Å²) < 4.78 is 0. The summed E-state index contributed by atoms with van der Waals surface area (Å²) in [4.78, 5) is 17.8. The van der Waals surface area contributed by atoms with Gasteiger partial charge in [0.15, 0.2) is 5.69 Å². The number of nitrogens with two attached hydrogens (primary N) is 1.